The maximum absolute atomic E-state index is 14.8. The molecule has 2 aliphatic rings. The maximum Gasteiger partial charge on any atom is 0.317 e. The van der Waals surface area contributed by atoms with Crippen LogP contribution in [0.25, 0.3) is 0 Å². The third-order valence-corrected chi connectivity index (χ3v) is 8.60. The number of halogens is 3. The normalized spacial score (nSPS) is 18.9. The van der Waals surface area contributed by atoms with E-state index in [1.165, 1.54) is 29.2 Å². The van der Waals surface area contributed by atoms with Gasteiger partial charge >= 0.3 is 6.03 Å². The molecule has 38 heavy (non-hydrogen) atoms. The Morgan fingerprint density at radius 1 is 1.05 bits per heavy atom. The van der Waals surface area contributed by atoms with Gasteiger partial charge in [-0.2, -0.15) is 4.31 Å². The van der Waals surface area contributed by atoms with Crippen molar-refractivity contribution in [3.63, 3.8) is 0 Å². The molecule has 14 heteroatoms. The molecule has 0 radical (unpaired) electrons. The number of likely N-dealkylation sites (tertiary alicyclic amines) is 1. The lowest BCUT2D eigenvalue weighted by atomic mass is 10.2. The number of piperazine rings is 1. The largest absolute Gasteiger partial charge is 0.451 e. The van der Waals surface area contributed by atoms with Crippen LogP contribution in [0.1, 0.15) is 12.8 Å². The summed E-state index contributed by atoms with van der Waals surface area (Å²) < 4.78 is 62.2. The molecule has 4 rings (SSSR count). The van der Waals surface area contributed by atoms with E-state index in [1.54, 1.807) is 0 Å². The van der Waals surface area contributed by atoms with E-state index >= 15 is 0 Å². The zero-order valence-corrected chi connectivity index (χ0v) is 22.0. The van der Waals surface area contributed by atoms with Gasteiger partial charge in [0.25, 0.3) is 0 Å². The van der Waals surface area contributed by atoms with E-state index in [2.05, 4.69) is 10.2 Å². The summed E-state index contributed by atoms with van der Waals surface area (Å²) in [5.41, 5.74) is 5.47. The van der Waals surface area contributed by atoms with Gasteiger partial charge in [-0.1, -0.05) is 11.6 Å². The van der Waals surface area contributed by atoms with E-state index in [4.69, 9.17) is 22.1 Å². The Morgan fingerprint density at radius 3 is 2.29 bits per heavy atom. The Bertz CT molecular complexity index is 1270. The molecule has 2 aromatic carbocycles. The molecule has 0 unspecified atom stereocenters. The molecular weight excluding hydrogens is 544 g/mol. The summed E-state index contributed by atoms with van der Waals surface area (Å²) >= 11 is 5.79. The van der Waals surface area contributed by atoms with Gasteiger partial charge in [-0.15, -0.1) is 0 Å². The molecule has 0 spiro atoms. The van der Waals surface area contributed by atoms with E-state index in [1.807, 2.05) is 0 Å². The number of hydrogen-bond donors (Lipinski definition) is 2. The molecule has 3 amide bonds. The zero-order valence-electron chi connectivity index (χ0n) is 20.4. The van der Waals surface area contributed by atoms with Gasteiger partial charge in [0.15, 0.2) is 17.4 Å². The predicted molar refractivity (Wildman–Crippen MR) is 135 cm³/mol. The number of nitrogens with one attached hydrogen (secondary N) is 1. The molecule has 0 saturated carbocycles. The summed E-state index contributed by atoms with van der Waals surface area (Å²) in [7, 11) is -4.56. The Hall–Kier alpha value is -3.00. The molecule has 3 N–H and O–H groups in total. The molecule has 2 saturated heterocycles. The molecule has 10 nitrogen and oxygen atoms in total. The SMILES string of the molecule is NC(=O)[C@H]1CN(C(=O)NCCN2CCCC2)CCN1S(=O)(=O)c1cc(F)c(Oc2ccc(Cl)cc2)c(F)c1. The van der Waals surface area contributed by atoms with Gasteiger partial charge in [0.05, 0.1) is 4.90 Å². The molecule has 0 aliphatic carbocycles. The Balaban J connectivity index is 1.46. The number of urea groups is 1. The fourth-order valence-corrected chi connectivity index (χ4v) is 6.18. The summed E-state index contributed by atoms with van der Waals surface area (Å²) in [6.45, 7) is 2.42. The van der Waals surface area contributed by atoms with Crippen LogP contribution in [0.2, 0.25) is 5.02 Å². The number of ether oxygens (including phenoxy) is 1. The summed E-state index contributed by atoms with van der Waals surface area (Å²) in [4.78, 5) is 27.6. The molecule has 1 atom stereocenters. The van der Waals surface area contributed by atoms with Crippen molar-refractivity contribution in [2.24, 2.45) is 5.73 Å². The summed E-state index contributed by atoms with van der Waals surface area (Å²) in [6, 6.07) is 5.06. The number of primary amides is 1. The first-order chi connectivity index (χ1) is 18.1. The standard InChI is InChI=1S/C24H28ClF2N5O5S/c25-16-3-5-17(6-4-16)37-22-19(26)13-18(14-20(22)27)38(35,36)32-12-11-31(15-21(32)23(28)33)24(34)29-7-10-30-8-1-2-9-30/h3-6,13-14,21H,1-2,7-12,15H2,(H2,28,33)(H,29,34)/t21-/m1/s1. The molecule has 2 aliphatic heterocycles. The van der Waals surface area contributed by atoms with E-state index in [9.17, 15) is 26.8 Å². The van der Waals surface area contributed by atoms with Crippen LogP contribution in [0.4, 0.5) is 13.6 Å². The van der Waals surface area contributed by atoms with Crippen molar-refractivity contribution in [2.75, 3.05) is 45.8 Å². The lowest BCUT2D eigenvalue weighted by molar-refractivity contribution is -0.122. The molecule has 2 fully saturated rings. The average Bonchev–Trinajstić information content (AvgIpc) is 3.40. The monoisotopic (exact) mass is 571 g/mol. The highest BCUT2D eigenvalue weighted by Crippen LogP contribution is 2.32. The minimum atomic E-state index is -4.56. The number of carbonyl (C=O) groups excluding carboxylic acids is 2. The second kappa shape index (κ2) is 11.8. The number of rotatable bonds is 8. The quantitative estimate of drug-likeness (QED) is 0.501. The third kappa shape index (κ3) is 6.34. The van der Waals surface area contributed by atoms with Gasteiger partial charge in [-0.3, -0.25) is 4.79 Å². The van der Waals surface area contributed by atoms with Crippen molar-refractivity contribution in [3.8, 4) is 11.5 Å². The van der Waals surface area contributed by atoms with E-state index in [-0.39, 0.29) is 25.4 Å². The highest BCUT2D eigenvalue weighted by Gasteiger charge is 2.41. The van der Waals surface area contributed by atoms with Crippen LogP contribution in [0.5, 0.6) is 11.5 Å². The number of sulfonamides is 1. The number of benzene rings is 2. The van der Waals surface area contributed by atoms with Crippen LogP contribution in [-0.2, 0) is 14.8 Å². The van der Waals surface area contributed by atoms with Crippen molar-refractivity contribution >= 4 is 33.6 Å². The smallest absolute Gasteiger partial charge is 0.317 e. The Morgan fingerprint density at radius 2 is 1.68 bits per heavy atom. The van der Waals surface area contributed by atoms with E-state index < -0.39 is 50.3 Å². The van der Waals surface area contributed by atoms with Crippen molar-refractivity contribution in [2.45, 2.75) is 23.8 Å². The predicted octanol–water partition coefficient (Wildman–Crippen LogP) is 2.38. The van der Waals surface area contributed by atoms with Crippen LogP contribution in [0.15, 0.2) is 41.3 Å². The van der Waals surface area contributed by atoms with E-state index in [0.29, 0.717) is 30.2 Å². The number of nitrogens with zero attached hydrogens (tertiary/aromatic N) is 3. The fourth-order valence-electron chi connectivity index (χ4n) is 4.45. The highest BCUT2D eigenvalue weighted by molar-refractivity contribution is 7.89. The minimum Gasteiger partial charge on any atom is -0.451 e. The van der Waals surface area contributed by atoms with Gasteiger partial charge in [-0.25, -0.2) is 22.0 Å². The zero-order chi connectivity index (χ0) is 27.4. The van der Waals surface area contributed by atoms with Crippen LogP contribution < -0.4 is 15.8 Å². The summed E-state index contributed by atoms with van der Waals surface area (Å²) in [5, 5.41) is 3.17. The Labute approximate surface area is 224 Å². The van der Waals surface area contributed by atoms with Crippen LogP contribution in [0.3, 0.4) is 0 Å². The van der Waals surface area contributed by atoms with Crippen molar-refractivity contribution < 1.29 is 31.5 Å². The number of nitrogens with two attached hydrogens (primary N) is 1. The molecule has 0 aromatic heterocycles. The highest BCUT2D eigenvalue weighted by atomic mass is 35.5. The number of carbonyl (C=O) groups is 2. The van der Waals surface area contributed by atoms with Crippen molar-refractivity contribution in [1.82, 2.24) is 19.4 Å². The van der Waals surface area contributed by atoms with Gasteiger partial charge in [0, 0.05) is 37.7 Å². The molecule has 2 heterocycles. The van der Waals surface area contributed by atoms with Crippen molar-refractivity contribution in [1.29, 1.82) is 0 Å². The van der Waals surface area contributed by atoms with Crippen molar-refractivity contribution in [3.05, 3.63) is 53.1 Å². The second-order valence-electron chi connectivity index (χ2n) is 9.03. The first-order valence-electron chi connectivity index (χ1n) is 12.0. The topological polar surface area (TPSA) is 125 Å². The number of hydrogen-bond acceptors (Lipinski definition) is 6. The van der Waals surface area contributed by atoms with Gasteiger partial charge < -0.3 is 25.6 Å². The van der Waals surface area contributed by atoms with Crippen LogP contribution in [0, 0.1) is 11.6 Å². The molecule has 206 valence electrons. The average molecular weight is 572 g/mol. The van der Waals surface area contributed by atoms with Crippen LogP contribution >= 0.6 is 11.6 Å². The minimum absolute atomic E-state index is 0.0404. The summed E-state index contributed by atoms with van der Waals surface area (Å²) in [6.07, 6.45) is 2.24. The second-order valence-corrected chi connectivity index (χ2v) is 11.4. The van der Waals surface area contributed by atoms with Gasteiger partial charge in [0.1, 0.15) is 11.8 Å². The van der Waals surface area contributed by atoms with Gasteiger partial charge in [-0.05, 0) is 62.3 Å². The molecular formula is C24H28ClF2N5O5S. The maximum atomic E-state index is 14.8. The lowest BCUT2D eigenvalue weighted by Crippen LogP contribution is -2.62. The summed E-state index contributed by atoms with van der Waals surface area (Å²) in [5.74, 6) is -4.22. The lowest BCUT2D eigenvalue weighted by Gasteiger charge is -2.38. The number of amides is 3. The Kier molecular flexibility index (Phi) is 8.71. The van der Waals surface area contributed by atoms with E-state index in [0.717, 1.165) is 30.2 Å². The first-order valence-corrected chi connectivity index (χ1v) is 13.9. The molecule has 0 bridgehead atoms. The first kappa shape index (κ1) is 28.0. The van der Waals surface area contributed by atoms with Crippen LogP contribution in [-0.4, -0.2) is 86.3 Å². The molecule has 2 aromatic rings. The third-order valence-electron chi connectivity index (χ3n) is 6.46. The fraction of sp³-hybridized carbons (Fsp3) is 0.417. The van der Waals surface area contributed by atoms with Gasteiger partial charge in [0.2, 0.25) is 15.9 Å².